The molecular formula is C16H23FIN3O. The Labute approximate surface area is 147 Å². The third-order valence-electron chi connectivity index (χ3n) is 3.13. The first-order valence-corrected chi connectivity index (χ1v) is 6.96. The van der Waals surface area contributed by atoms with E-state index in [1.54, 1.807) is 13.1 Å². The van der Waals surface area contributed by atoms with Crippen molar-refractivity contribution < 1.29 is 8.81 Å². The van der Waals surface area contributed by atoms with Crippen LogP contribution in [0, 0.1) is 12.7 Å². The highest BCUT2D eigenvalue weighted by Crippen LogP contribution is 2.25. The Morgan fingerprint density at radius 1 is 1.32 bits per heavy atom. The molecule has 0 aliphatic rings. The minimum Gasteiger partial charge on any atom is -0.459 e. The predicted octanol–water partition coefficient (Wildman–Crippen LogP) is 3.96. The van der Waals surface area contributed by atoms with Gasteiger partial charge in [0, 0.05) is 23.5 Å². The molecule has 0 fully saturated rings. The van der Waals surface area contributed by atoms with Crippen LogP contribution in [-0.2, 0) is 6.54 Å². The molecule has 4 nitrogen and oxygen atoms in total. The molecule has 0 saturated carbocycles. The lowest BCUT2D eigenvalue weighted by Crippen LogP contribution is -2.47. The second kappa shape index (κ2) is 7.30. The first kappa shape index (κ1) is 18.7. The van der Waals surface area contributed by atoms with E-state index in [2.05, 4.69) is 36.4 Å². The fourth-order valence-electron chi connectivity index (χ4n) is 2.11. The number of benzene rings is 1. The van der Waals surface area contributed by atoms with E-state index in [9.17, 15) is 4.39 Å². The lowest BCUT2D eigenvalue weighted by molar-refractivity contribution is 0.492. The second-order valence-electron chi connectivity index (χ2n) is 6.09. The van der Waals surface area contributed by atoms with Crippen LogP contribution >= 0.6 is 24.0 Å². The molecule has 0 unspecified atom stereocenters. The average molecular weight is 419 g/mol. The van der Waals surface area contributed by atoms with Crippen molar-refractivity contribution in [1.29, 1.82) is 0 Å². The fraction of sp³-hybridized carbons (Fsp3) is 0.438. The Kier molecular flexibility index (Phi) is 6.22. The highest BCUT2D eigenvalue weighted by molar-refractivity contribution is 14.0. The summed E-state index contributed by atoms with van der Waals surface area (Å²) in [5.41, 5.74) is 1.57. The van der Waals surface area contributed by atoms with Crippen molar-refractivity contribution in [3.63, 3.8) is 0 Å². The summed E-state index contributed by atoms with van der Waals surface area (Å²) >= 11 is 0. The maximum Gasteiger partial charge on any atom is 0.191 e. The van der Waals surface area contributed by atoms with Crippen molar-refractivity contribution in [3.05, 3.63) is 35.3 Å². The number of aryl methyl sites for hydroxylation is 1. The molecule has 2 aromatic rings. The number of hydrogen-bond acceptors (Lipinski definition) is 2. The van der Waals surface area contributed by atoms with E-state index in [0.717, 1.165) is 16.7 Å². The van der Waals surface area contributed by atoms with Gasteiger partial charge in [0.15, 0.2) is 5.96 Å². The number of guanidine groups is 1. The van der Waals surface area contributed by atoms with Crippen LogP contribution in [0.15, 0.2) is 27.6 Å². The van der Waals surface area contributed by atoms with E-state index in [4.69, 9.17) is 4.42 Å². The van der Waals surface area contributed by atoms with Crippen LogP contribution in [0.25, 0.3) is 11.0 Å². The van der Waals surface area contributed by atoms with Crippen molar-refractivity contribution in [2.45, 2.75) is 39.8 Å². The van der Waals surface area contributed by atoms with Gasteiger partial charge in [0.25, 0.3) is 0 Å². The van der Waals surface area contributed by atoms with Crippen LogP contribution < -0.4 is 10.6 Å². The summed E-state index contributed by atoms with van der Waals surface area (Å²) in [6.07, 6.45) is 0. The van der Waals surface area contributed by atoms with Gasteiger partial charge in [-0.2, -0.15) is 0 Å². The Hall–Kier alpha value is -1.31. The molecule has 6 heteroatoms. The lowest BCUT2D eigenvalue weighted by Gasteiger charge is -2.23. The number of aliphatic imine (C=N–C) groups is 1. The molecule has 0 aliphatic carbocycles. The Balaban J connectivity index is 0.00000242. The number of nitrogens with zero attached hydrogens (tertiary/aromatic N) is 1. The summed E-state index contributed by atoms with van der Waals surface area (Å²) in [6, 6.07) is 4.56. The molecule has 0 bridgehead atoms. The molecule has 1 aromatic carbocycles. The van der Waals surface area contributed by atoms with Crippen LogP contribution in [0.2, 0.25) is 0 Å². The zero-order chi connectivity index (χ0) is 15.6. The third-order valence-corrected chi connectivity index (χ3v) is 3.13. The minimum atomic E-state index is -0.254. The first-order valence-electron chi connectivity index (χ1n) is 6.96. The molecule has 0 spiro atoms. The van der Waals surface area contributed by atoms with Gasteiger partial charge < -0.3 is 15.1 Å². The molecule has 2 N–H and O–H groups in total. The zero-order valence-electron chi connectivity index (χ0n) is 13.6. The predicted molar refractivity (Wildman–Crippen MR) is 99.4 cm³/mol. The fourth-order valence-corrected chi connectivity index (χ4v) is 2.11. The number of hydrogen-bond donors (Lipinski definition) is 2. The second-order valence-corrected chi connectivity index (χ2v) is 6.09. The molecule has 0 aliphatic heterocycles. The highest BCUT2D eigenvalue weighted by Gasteiger charge is 2.14. The molecule has 2 rings (SSSR count). The van der Waals surface area contributed by atoms with E-state index < -0.39 is 0 Å². The van der Waals surface area contributed by atoms with E-state index in [-0.39, 0.29) is 35.3 Å². The molecule has 122 valence electrons. The largest absolute Gasteiger partial charge is 0.459 e. The van der Waals surface area contributed by atoms with Crippen molar-refractivity contribution in [2.75, 3.05) is 7.05 Å². The number of furan rings is 1. The molecule has 1 heterocycles. The van der Waals surface area contributed by atoms with Crippen LogP contribution in [0.5, 0.6) is 0 Å². The summed E-state index contributed by atoms with van der Waals surface area (Å²) in [4.78, 5) is 4.18. The monoisotopic (exact) mass is 419 g/mol. The number of nitrogens with one attached hydrogen (secondary N) is 2. The van der Waals surface area contributed by atoms with Gasteiger partial charge in [-0.15, -0.1) is 24.0 Å². The molecule has 0 amide bonds. The van der Waals surface area contributed by atoms with Crippen molar-refractivity contribution in [3.8, 4) is 0 Å². The Bertz CT molecular complexity index is 674. The summed E-state index contributed by atoms with van der Waals surface area (Å²) in [6.45, 7) is 8.62. The zero-order valence-corrected chi connectivity index (χ0v) is 15.9. The number of rotatable bonds is 2. The first-order chi connectivity index (χ1) is 9.80. The quantitative estimate of drug-likeness (QED) is 0.440. The van der Waals surface area contributed by atoms with Gasteiger partial charge in [0.1, 0.15) is 17.2 Å². The number of halogens is 2. The van der Waals surface area contributed by atoms with Crippen LogP contribution in [-0.4, -0.2) is 18.5 Å². The molecule has 0 saturated heterocycles. The standard InChI is InChI=1S/C16H22FN3O.HI/c1-10-12-8-11(17)6-7-13(12)21-14(10)9-19-15(18-5)20-16(2,3)4;/h6-8H,9H2,1-5H3,(H2,18,19,20);1H. The normalized spacial score (nSPS) is 12.2. The Morgan fingerprint density at radius 3 is 2.59 bits per heavy atom. The topological polar surface area (TPSA) is 49.6 Å². The van der Waals surface area contributed by atoms with Crippen LogP contribution in [0.4, 0.5) is 4.39 Å². The molecular weight excluding hydrogens is 396 g/mol. The van der Waals surface area contributed by atoms with Gasteiger partial charge >= 0.3 is 0 Å². The number of fused-ring (bicyclic) bond motifs is 1. The molecule has 22 heavy (non-hydrogen) atoms. The van der Waals surface area contributed by atoms with Crippen molar-refractivity contribution >= 4 is 40.9 Å². The summed E-state index contributed by atoms with van der Waals surface area (Å²) in [7, 11) is 1.72. The van der Waals surface area contributed by atoms with Crippen LogP contribution in [0.3, 0.4) is 0 Å². The maximum atomic E-state index is 13.3. The van der Waals surface area contributed by atoms with Gasteiger partial charge in [0.2, 0.25) is 0 Å². The average Bonchev–Trinajstić information content (AvgIpc) is 2.70. The molecule has 1 aromatic heterocycles. The molecule has 0 radical (unpaired) electrons. The van der Waals surface area contributed by atoms with Gasteiger partial charge in [0.05, 0.1) is 6.54 Å². The SMILES string of the molecule is CN=C(NCc1oc2ccc(F)cc2c1C)NC(C)(C)C.I. The van der Waals surface area contributed by atoms with Crippen LogP contribution in [0.1, 0.15) is 32.1 Å². The van der Waals surface area contributed by atoms with E-state index >= 15 is 0 Å². The third kappa shape index (κ3) is 4.59. The van der Waals surface area contributed by atoms with Gasteiger partial charge in [-0.1, -0.05) is 0 Å². The van der Waals surface area contributed by atoms with E-state index in [0.29, 0.717) is 18.1 Å². The summed E-state index contributed by atoms with van der Waals surface area (Å²) < 4.78 is 19.1. The van der Waals surface area contributed by atoms with Gasteiger partial charge in [-0.25, -0.2) is 4.39 Å². The van der Waals surface area contributed by atoms with Gasteiger partial charge in [-0.05, 0) is 45.9 Å². The van der Waals surface area contributed by atoms with Crippen molar-refractivity contribution in [1.82, 2.24) is 10.6 Å². The van der Waals surface area contributed by atoms with E-state index in [1.807, 2.05) is 6.92 Å². The minimum absolute atomic E-state index is 0. The smallest absolute Gasteiger partial charge is 0.191 e. The highest BCUT2D eigenvalue weighted by atomic mass is 127. The van der Waals surface area contributed by atoms with E-state index in [1.165, 1.54) is 12.1 Å². The Morgan fingerprint density at radius 2 is 2.00 bits per heavy atom. The van der Waals surface area contributed by atoms with Gasteiger partial charge in [-0.3, -0.25) is 4.99 Å². The van der Waals surface area contributed by atoms with Crippen molar-refractivity contribution in [2.24, 2.45) is 4.99 Å². The summed E-state index contributed by atoms with van der Waals surface area (Å²) in [5, 5.41) is 7.30. The molecule has 0 atom stereocenters. The lowest BCUT2D eigenvalue weighted by atomic mass is 10.1. The summed E-state index contributed by atoms with van der Waals surface area (Å²) in [5.74, 6) is 1.23. The maximum absolute atomic E-state index is 13.3.